The summed E-state index contributed by atoms with van der Waals surface area (Å²) in [7, 11) is -3.18. The summed E-state index contributed by atoms with van der Waals surface area (Å²) >= 11 is 0. The first-order valence-electron chi connectivity index (χ1n) is 9.51. The van der Waals surface area contributed by atoms with E-state index in [4.69, 9.17) is 0 Å². The summed E-state index contributed by atoms with van der Waals surface area (Å²) in [6.45, 7) is 9.62. The SMILES string of the molecule is CCN(CC)C(=O)N1CCC(C(=O)NCCCN(CC)S(C)(=O)=O)CC1. The summed E-state index contributed by atoms with van der Waals surface area (Å²) in [6, 6.07) is 0.0503. The minimum atomic E-state index is -3.18. The van der Waals surface area contributed by atoms with E-state index in [1.807, 2.05) is 18.7 Å². The van der Waals surface area contributed by atoms with Gasteiger partial charge in [0.15, 0.2) is 0 Å². The van der Waals surface area contributed by atoms with E-state index in [-0.39, 0.29) is 17.9 Å². The van der Waals surface area contributed by atoms with Crippen molar-refractivity contribution in [3.8, 4) is 0 Å². The Morgan fingerprint density at radius 1 is 1.08 bits per heavy atom. The number of rotatable bonds is 9. The molecule has 26 heavy (non-hydrogen) atoms. The van der Waals surface area contributed by atoms with Crippen LogP contribution in [0.3, 0.4) is 0 Å². The summed E-state index contributed by atoms with van der Waals surface area (Å²) < 4.78 is 24.4. The molecule has 0 spiro atoms. The zero-order valence-electron chi connectivity index (χ0n) is 16.5. The standard InChI is InChI=1S/C17H34N4O4S/c1-5-19(6-2)17(23)20-13-9-15(10-14-20)16(22)18-11-8-12-21(7-3)26(4,24)25/h15H,5-14H2,1-4H3,(H,18,22). The van der Waals surface area contributed by atoms with Crippen LogP contribution in [0.25, 0.3) is 0 Å². The van der Waals surface area contributed by atoms with Gasteiger partial charge in [-0.2, -0.15) is 0 Å². The summed E-state index contributed by atoms with van der Waals surface area (Å²) in [6.07, 6.45) is 3.13. The van der Waals surface area contributed by atoms with Gasteiger partial charge in [-0.25, -0.2) is 17.5 Å². The van der Waals surface area contributed by atoms with E-state index < -0.39 is 10.0 Å². The topological polar surface area (TPSA) is 90.0 Å². The number of amides is 3. The molecular weight excluding hydrogens is 356 g/mol. The number of hydrogen-bond donors (Lipinski definition) is 1. The highest BCUT2D eigenvalue weighted by molar-refractivity contribution is 7.88. The average Bonchev–Trinajstić information content (AvgIpc) is 2.61. The predicted octanol–water partition coefficient (Wildman–Crippen LogP) is 0.948. The van der Waals surface area contributed by atoms with E-state index in [0.29, 0.717) is 65.1 Å². The second-order valence-corrected chi connectivity index (χ2v) is 8.60. The maximum absolute atomic E-state index is 12.3. The van der Waals surface area contributed by atoms with Gasteiger partial charge >= 0.3 is 6.03 Å². The molecule has 152 valence electrons. The van der Waals surface area contributed by atoms with Crippen LogP contribution in [0.2, 0.25) is 0 Å². The molecule has 0 atom stereocenters. The van der Waals surface area contributed by atoms with Gasteiger partial charge in [-0.3, -0.25) is 4.79 Å². The Balaban J connectivity index is 2.33. The van der Waals surface area contributed by atoms with Crippen molar-refractivity contribution in [3.63, 3.8) is 0 Å². The van der Waals surface area contributed by atoms with Crippen LogP contribution >= 0.6 is 0 Å². The molecule has 8 nitrogen and oxygen atoms in total. The second kappa shape index (κ2) is 10.7. The molecule has 3 amide bonds. The van der Waals surface area contributed by atoms with Gasteiger partial charge in [0.1, 0.15) is 0 Å². The van der Waals surface area contributed by atoms with Gasteiger partial charge < -0.3 is 15.1 Å². The molecule has 1 fully saturated rings. The summed E-state index contributed by atoms with van der Waals surface area (Å²) in [5, 5.41) is 2.90. The molecule has 0 aromatic heterocycles. The van der Waals surface area contributed by atoms with Gasteiger partial charge in [0.05, 0.1) is 6.26 Å². The van der Waals surface area contributed by atoms with Crippen molar-refractivity contribution in [2.45, 2.75) is 40.0 Å². The molecule has 1 aliphatic rings. The molecule has 1 aliphatic heterocycles. The third-order valence-corrected chi connectivity index (χ3v) is 6.25. The fourth-order valence-electron chi connectivity index (χ4n) is 3.20. The van der Waals surface area contributed by atoms with E-state index >= 15 is 0 Å². The van der Waals surface area contributed by atoms with Gasteiger partial charge in [0.25, 0.3) is 0 Å². The van der Waals surface area contributed by atoms with Crippen molar-refractivity contribution in [1.29, 1.82) is 0 Å². The molecule has 0 aliphatic carbocycles. The van der Waals surface area contributed by atoms with Gasteiger partial charge in [-0.15, -0.1) is 0 Å². The smallest absolute Gasteiger partial charge is 0.319 e. The quantitative estimate of drug-likeness (QED) is 0.594. The van der Waals surface area contributed by atoms with Crippen molar-refractivity contribution < 1.29 is 18.0 Å². The summed E-state index contributed by atoms with van der Waals surface area (Å²) in [5.74, 6) is -0.0738. The third kappa shape index (κ3) is 6.75. The number of likely N-dealkylation sites (tertiary alicyclic amines) is 1. The lowest BCUT2D eigenvalue weighted by Gasteiger charge is -2.34. The largest absolute Gasteiger partial charge is 0.356 e. The highest BCUT2D eigenvalue weighted by Gasteiger charge is 2.28. The lowest BCUT2D eigenvalue weighted by Crippen LogP contribution is -2.48. The van der Waals surface area contributed by atoms with Crippen molar-refractivity contribution in [3.05, 3.63) is 0 Å². The Bertz CT molecular complexity index is 555. The number of nitrogens with one attached hydrogen (secondary N) is 1. The van der Waals surface area contributed by atoms with Crippen LogP contribution in [0, 0.1) is 5.92 Å². The number of hydrogen-bond acceptors (Lipinski definition) is 4. The van der Waals surface area contributed by atoms with Crippen molar-refractivity contribution in [2.75, 3.05) is 52.1 Å². The molecule has 0 saturated carbocycles. The first kappa shape index (κ1) is 22.7. The minimum Gasteiger partial charge on any atom is -0.356 e. The van der Waals surface area contributed by atoms with E-state index in [0.717, 1.165) is 0 Å². The molecule has 0 aromatic carbocycles. The number of carbonyl (C=O) groups is 2. The number of carbonyl (C=O) groups excluding carboxylic acids is 2. The fraction of sp³-hybridized carbons (Fsp3) is 0.882. The molecule has 1 saturated heterocycles. The summed E-state index contributed by atoms with van der Waals surface area (Å²) in [5.41, 5.74) is 0. The first-order chi connectivity index (χ1) is 12.2. The number of piperidine rings is 1. The normalized spacial score (nSPS) is 16.0. The zero-order valence-corrected chi connectivity index (χ0v) is 17.3. The Labute approximate surface area is 157 Å². The molecular formula is C17H34N4O4S. The maximum atomic E-state index is 12.3. The van der Waals surface area contributed by atoms with Crippen LogP contribution in [-0.2, 0) is 14.8 Å². The van der Waals surface area contributed by atoms with Gasteiger partial charge in [0, 0.05) is 51.7 Å². The Morgan fingerprint density at radius 2 is 1.65 bits per heavy atom. The van der Waals surface area contributed by atoms with Crippen molar-refractivity contribution >= 4 is 22.0 Å². The van der Waals surface area contributed by atoms with Crippen LogP contribution in [-0.4, -0.2) is 86.5 Å². The van der Waals surface area contributed by atoms with Crippen molar-refractivity contribution in [1.82, 2.24) is 19.4 Å². The van der Waals surface area contributed by atoms with Crippen LogP contribution < -0.4 is 5.32 Å². The number of sulfonamides is 1. The molecule has 1 heterocycles. The monoisotopic (exact) mass is 390 g/mol. The fourth-order valence-corrected chi connectivity index (χ4v) is 4.13. The molecule has 0 bridgehead atoms. The van der Waals surface area contributed by atoms with Crippen LogP contribution in [0.1, 0.15) is 40.0 Å². The highest BCUT2D eigenvalue weighted by Crippen LogP contribution is 2.18. The minimum absolute atomic E-state index is 0.00217. The van der Waals surface area contributed by atoms with Gasteiger partial charge in [-0.05, 0) is 33.1 Å². The van der Waals surface area contributed by atoms with E-state index in [9.17, 15) is 18.0 Å². The number of nitrogens with zero attached hydrogens (tertiary/aromatic N) is 3. The van der Waals surface area contributed by atoms with Crippen molar-refractivity contribution in [2.24, 2.45) is 5.92 Å². The molecule has 0 unspecified atom stereocenters. The predicted molar refractivity (Wildman–Crippen MR) is 102 cm³/mol. The molecule has 1 rings (SSSR count). The molecule has 9 heteroatoms. The van der Waals surface area contributed by atoms with Gasteiger partial charge in [0.2, 0.25) is 15.9 Å². The Morgan fingerprint density at radius 3 is 2.12 bits per heavy atom. The van der Waals surface area contributed by atoms with E-state index in [1.165, 1.54) is 10.6 Å². The lowest BCUT2D eigenvalue weighted by atomic mass is 9.96. The Kier molecular flexibility index (Phi) is 9.35. The van der Waals surface area contributed by atoms with E-state index in [1.54, 1.807) is 11.8 Å². The second-order valence-electron chi connectivity index (χ2n) is 6.62. The molecule has 0 radical (unpaired) electrons. The van der Waals surface area contributed by atoms with Crippen LogP contribution in [0.5, 0.6) is 0 Å². The number of urea groups is 1. The Hall–Kier alpha value is -1.35. The zero-order chi connectivity index (χ0) is 19.7. The van der Waals surface area contributed by atoms with Crippen LogP contribution in [0.4, 0.5) is 4.79 Å². The average molecular weight is 391 g/mol. The van der Waals surface area contributed by atoms with E-state index in [2.05, 4.69) is 5.32 Å². The summed E-state index contributed by atoms with van der Waals surface area (Å²) in [4.78, 5) is 28.2. The van der Waals surface area contributed by atoms with Gasteiger partial charge in [-0.1, -0.05) is 6.92 Å². The lowest BCUT2D eigenvalue weighted by molar-refractivity contribution is -0.126. The maximum Gasteiger partial charge on any atom is 0.319 e. The molecule has 1 N–H and O–H groups in total. The molecule has 0 aromatic rings. The van der Waals surface area contributed by atoms with Crippen LogP contribution in [0.15, 0.2) is 0 Å². The first-order valence-corrected chi connectivity index (χ1v) is 11.4. The third-order valence-electron chi connectivity index (χ3n) is 4.88. The highest BCUT2D eigenvalue weighted by atomic mass is 32.2.